The number of allylic oxidation sites excluding steroid dienone is 4. The van der Waals surface area contributed by atoms with Crippen LogP contribution in [0.2, 0.25) is 0 Å². The van der Waals surface area contributed by atoms with Gasteiger partial charge in [-0.2, -0.15) is 0 Å². The summed E-state index contributed by atoms with van der Waals surface area (Å²) in [5, 5.41) is 11.5. The standard InChI is InChI=1S/C28H30N2O3S/c31-28(32)22-30(19-23-8-3-1-4-9-23)20-24-10-7-13-26(18-24)33-16-14-29-15-17-34-27(21-29)25-11-5-2-6-12-25/h1-5,7-11,13,15,17-18,21H,6,12,14,16,19-20,22H2,(H,31,32). The number of carbonyl (C=O) groups is 1. The van der Waals surface area contributed by atoms with Gasteiger partial charge in [0.25, 0.3) is 0 Å². The summed E-state index contributed by atoms with van der Waals surface area (Å²) in [5.41, 5.74) is 3.51. The van der Waals surface area contributed by atoms with E-state index in [1.165, 1.54) is 10.5 Å². The minimum atomic E-state index is -0.830. The van der Waals surface area contributed by atoms with E-state index in [1.54, 1.807) is 11.8 Å². The summed E-state index contributed by atoms with van der Waals surface area (Å²) in [7, 11) is 0. The lowest BCUT2D eigenvalue weighted by molar-refractivity contribution is -0.138. The van der Waals surface area contributed by atoms with Crippen LogP contribution in [0.3, 0.4) is 0 Å². The van der Waals surface area contributed by atoms with Gasteiger partial charge in [-0.15, -0.1) is 0 Å². The van der Waals surface area contributed by atoms with E-state index in [4.69, 9.17) is 4.74 Å². The number of nitrogens with zero attached hydrogens (tertiary/aromatic N) is 2. The van der Waals surface area contributed by atoms with Gasteiger partial charge >= 0.3 is 5.97 Å². The largest absolute Gasteiger partial charge is 0.492 e. The fourth-order valence-corrected chi connectivity index (χ4v) is 4.85. The van der Waals surface area contributed by atoms with Gasteiger partial charge in [-0.25, -0.2) is 0 Å². The lowest BCUT2D eigenvalue weighted by Crippen LogP contribution is -2.29. The Hall–Kier alpha value is -3.22. The van der Waals surface area contributed by atoms with Gasteiger partial charge in [0.2, 0.25) is 0 Å². The third-order valence-electron chi connectivity index (χ3n) is 5.59. The molecule has 0 fully saturated rings. The maximum Gasteiger partial charge on any atom is 0.317 e. The highest BCUT2D eigenvalue weighted by Gasteiger charge is 2.13. The van der Waals surface area contributed by atoms with E-state index in [2.05, 4.69) is 40.9 Å². The third-order valence-corrected chi connectivity index (χ3v) is 6.47. The zero-order valence-corrected chi connectivity index (χ0v) is 20.0. The van der Waals surface area contributed by atoms with Gasteiger partial charge in [0.1, 0.15) is 12.4 Å². The Bertz CT molecular complexity index is 1090. The Kier molecular flexibility index (Phi) is 8.65. The molecule has 1 aliphatic heterocycles. The van der Waals surface area contributed by atoms with Crippen LogP contribution in [0.1, 0.15) is 24.0 Å². The van der Waals surface area contributed by atoms with Crippen LogP contribution in [0.5, 0.6) is 5.75 Å². The van der Waals surface area contributed by atoms with E-state index >= 15 is 0 Å². The van der Waals surface area contributed by atoms with Gasteiger partial charge in [0.15, 0.2) is 0 Å². The molecule has 176 valence electrons. The molecule has 0 bridgehead atoms. The Labute approximate surface area is 205 Å². The highest BCUT2D eigenvalue weighted by atomic mass is 32.2. The summed E-state index contributed by atoms with van der Waals surface area (Å²) in [4.78, 5) is 16.8. The van der Waals surface area contributed by atoms with Crippen LogP contribution in [0.4, 0.5) is 0 Å². The van der Waals surface area contributed by atoms with Crippen molar-refractivity contribution in [3.8, 4) is 5.75 Å². The van der Waals surface area contributed by atoms with Gasteiger partial charge in [-0.3, -0.25) is 9.69 Å². The minimum Gasteiger partial charge on any atom is -0.492 e. The van der Waals surface area contributed by atoms with Crippen LogP contribution in [0.25, 0.3) is 0 Å². The first kappa shape index (κ1) is 23.9. The Morgan fingerprint density at radius 1 is 1.09 bits per heavy atom. The summed E-state index contributed by atoms with van der Waals surface area (Å²) in [6.45, 7) is 2.43. The predicted octanol–water partition coefficient (Wildman–Crippen LogP) is 5.79. The van der Waals surface area contributed by atoms with Gasteiger partial charge < -0.3 is 14.7 Å². The molecule has 0 saturated heterocycles. The molecular weight excluding hydrogens is 444 g/mol. The SMILES string of the molecule is O=C(O)CN(Cc1ccccc1)Cc1cccc(OCCN2C=CSC(C3=CC=CCC3)=C2)c1. The van der Waals surface area contributed by atoms with Crippen molar-refractivity contribution < 1.29 is 14.6 Å². The monoisotopic (exact) mass is 474 g/mol. The molecule has 0 amide bonds. The van der Waals surface area contributed by atoms with E-state index in [0.29, 0.717) is 19.7 Å². The second-order valence-electron chi connectivity index (χ2n) is 8.31. The number of ether oxygens (including phenoxy) is 1. The smallest absolute Gasteiger partial charge is 0.317 e. The summed E-state index contributed by atoms with van der Waals surface area (Å²) >= 11 is 1.76. The van der Waals surface area contributed by atoms with Crippen LogP contribution in [0.15, 0.2) is 101 Å². The van der Waals surface area contributed by atoms with Gasteiger partial charge in [-0.05, 0) is 47.1 Å². The summed E-state index contributed by atoms with van der Waals surface area (Å²) in [6, 6.07) is 17.9. The van der Waals surface area contributed by atoms with Crippen molar-refractivity contribution in [3.05, 3.63) is 112 Å². The molecule has 0 unspecified atom stereocenters. The molecule has 0 spiro atoms. The first-order chi connectivity index (χ1) is 16.7. The van der Waals surface area contributed by atoms with E-state index < -0.39 is 5.97 Å². The van der Waals surface area contributed by atoms with Crippen molar-refractivity contribution in [2.24, 2.45) is 0 Å². The Balaban J connectivity index is 1.32. The van der Waals surface area contributed by atoms with Crippen molar-refractivity contribution in [1.82, 2.24) is 9.80 Å². The lowest BCUT2D eigenvalue weighted by Gasteiger charge is -2.23. The molecule has 0 saturated carbocycles. The highest BCUT2D eigenvalue weighted by molar-refractivity contribution is 8.06. The first-order valence-corrected chi connectivity index (χ1v) is 12.4. The minimum absolute atomic E-state index is 0.0137. The normalized spacial score (nSPS) is 15.3. The van der Waals surface area contributed by atoms with Crippen LogP contribution in [-0.2, 0) is 17.9 Å². The quantitative estimate of drug-likeness (QED) is 0.445. The predicted molar refractivity (Wildman–Crippen MR) is 138 cm³/mol. The molecule has 5 nitrogen and oxygen atoms in total. The van der Waals surface area contributed by atoms with E-state index in [9.17, 15) is 9.90 Å². The zero-order valence-electron chi connectivity index (χ0n) is 19.2. The number of hydrogen-bond donors (Lipinski definition) is 1. The number of thioether (sulfide) groups is 1. The number of carboxylic acids is 1. The molecular formula is C28H30N2O3S. The number of rotatable bonds is 11. The number of benzene rings is 2. The molecule has 2 aromatic rings. The number of hydrogen-bond acceptors (Lipinski definition) is 5. The molecule has 0 aromatic heterocycles. The van der Waals surface area contributed by atoms with Gasteiger partial charge in [0.05, 0.1) is 13.1 Å². The molecule has 4 rings (SSSR count). The number of carboxylic acid groups (broad SMARTS) is 1. The van der Waals surface area contributed by atoms with Crippen molar-refractivity contribution >= 4 is 17.7 Å². The topological polar surface area (TPSA) is 53.0 Å². The van der Waals surface area contributed by atoms with E-state index in [-0.39, 0.29) is 6.54 Å². The second kappa shape index (κ2) is 12.3. The third kappa shape index (κ3) is 7.40. The molecule has 1 heterocycles. The summed E-state index contributed by atoms with van der Waals surface area (Å²) < 4.78 is 6.04. The summed E-state index contributed by atoms with van der Waals surface area (Å²) in [5.74, 6) is -0.0318. The van der Waals surface area contributed by atoms with Crippen LogP contribution in [0, 0.1) is 0 Å². The second-order valence-corrected chi connectivity index (χ2v) is 9.26. The zero-order chi connectivity index (χ0) is 23.6. The molecule has 2 aliphatic rings. The molecule has 2 aromatic carbocycles. The lowest BCUT2D eigenvalue weighted by atomic mass is 10.1. The van der Waals surface area contributed by atoms with E-state index in [0.717, 1.165) is 36.3 Å². The number of aliphatic carboxylic acids is 1. The van der Waals surface area contributed by atoms with Crippen LogP contribution >= 0.6 is 11.8 Å². The maximum absolute atomic E-state index is 11.4. The van der Waals surface area contributed by atoms with E-state index in [1.807, 2.05) is 59.5 Å². The van der Waals surface area contributed by atoms with Crippen molar-refractivity contribution in [2.45, 2.75) is 25.9 Å². The highest BCUT2D eigenvalue weighted by Crippen LogP contribution is 2.33. The van der Waals surface area contributed by atoms with Crippen molar-refractivity contribution in [1.29, 1.82) is 0 Å². The fourth-order valence-electron chi connectivity index (χ4n) is 3.97. The van der Waals surface area contributed by atoms with Crippen molar-refractivity contribution in [3.63, 3.8) is 0 Å². The first-order valence-electron chi connectivity index (χ1n) is 11.5. The molecule has 1 N–H and O–H groups in total. The average Bonchev–Trinajstić information content (AvgIpc) is 2.85. The molecule has 1 aliphatic carbocycles. The van der Waals surface area contributed by atoms with Gasteiger partial charge in [-0.1, -0.05) is 72.5 Å². The molecule has 6 heteroatoms. The summed E-state index contributed by atoms with van der Waals surface area (Å²) in [6.07, 6.45) is 13.0. The van der Waals surface area contributed by atoms with Gasteiger partial charge in [0, 0.05) is 30.4 Å². The molecule has 0 atom stereocenters. The van der Waals surface area contributed by atoms with Crippen molar-refractivity contribution in [2.75, 3.05) is 19.7 Å². The Morgan fingerprint density at radius 3 is 2.71 bits per heavy atom. The molecule has 0 radical (unpaired) electrons. The Morgan fingerprint density at radius 2 is 1.91 bits per heavy atom. The maximum atomic E-state index is 11.4. The average molecular weight is 475 g/mol. The molecule has 34 heavy (non-hydrogen) atoms. The fraction of sp³-hybridized carbons (Fsp3) is 0.250. The van der Waals surface area contributed by atoms with Crippen LogP contribution in [-0.4, -0.2) is 40.6 Å². The van der Waals surface area contributed by atoms with Crippen LogP contribution < -0.4 is 4.74 Å².